The summed E-state index contributed by atoms with van der Waals surface area (Å²) in [6.07, 6.45) is 0.364. The Balaban J connectivity index is 1.61. The number of rotatable bonds is 6. The molecule has 24 heavy (non-hydrogen) atoms. The Morgan fingerprint density at radius 1 is 1.08 bits per heavy atom. The smallest absolute Gasteiger partial charge is 0.296 e. The largest absolute Gasteiger partial charge is 0.454 e. The van der Waals surface area contributed by atoms with Crippen molar-refractivity contribution in [1.82, 2.24) is 0 Å². The van der Waals surface area contributed by atoms with Crippen molar-refractivity contribution < 1.29 is 27.0 Å². The van der Waals surface area contributed by atoms with E-state index >= 15 is 0 Å². The lowest BCUT2D eigenvalue weighted by molar-refractivity contribution is -0.384. The molecular weight excluding hydrogens is 338 g/mol. The summed E-state index contributed by atoms with van der Waals surface area (Å²) in [5.41, 5.74) is 0.660. The molecule has 0 spiro atoms. The van der Waals surface area contributed by atoms with Gasteiger partial charge < -0.3 is 9.47 Å². The summed E-state index contributed by atoms with van der Waals surface area (Å²) in [5.74, 6) is 1.27. The third kappa shape index (κ3) is 3.47. The molecule has 2 aromatic rings. The molecule has 0 aromatic heterocycles. The van der Waals surface area contributed by atoms with Gasteiger partial charge in [0.05, 0.1) is 16.4 Å². The van der Waals surface area contributed by atoms with E-state index in [2.05, 4.69) is 0 Å². The first-order valence-corrected chi connectivity index (χ1v) is 8.39. The molecule has 0 aliphatic carbocycles. The van der Waals surface area contributed by atoms with Gasteiger partial charge in [0.25, 0.3) is 15.8 Å². The number of nitro groups is 1. The fraction of sp³-hybridized carbons (Fsp3) is 0.200. The first-order valence-electron chi connectivity index (χ1n) is 6.98. The van der Waals surface area contributed by atoms with Gasteiger partial charge in [-0.3, -0.25) is 14.3 Å². The van der Waals surface area contributed by atoms with Gasteiger partial charge in [-0.15, -0.1) is 0 Å². The molecule has 3 rings (SSSR count). The molecule has 0 unspecified atom stereocenters. The van der Waals surface area contributed by atoms with Crippen LogP contribution in [0.25, 0.3) is 0 Å². The van der Waals surface area contributed by atoms with Gasteiger partial charge in [-0.25, -0.2) is 0 Å². The number of nitrogens with zero attached hydrogens (tertiary/aromatic N) is 1. The molecule has 126 valence electrons. The normalized spacial score (nSPS) is 13.0. The highest BCUT2D eigenvalue weighted by Crippen LogP contribution is 2.32. The summed E-state index contributed by atoms with van der Waals surface area (Å²) >= 11 is 0. The van der Waals surface area contributed by atoms with Crippen LogP contribution in [0, 0.1) is 10.1 Å². The molecule has 1 heterocycles. The number of fused-ring (bicyclic) bond motifs is 1. The Bertz CT molecular complexity index is 862. The summed E-state index contributed by atoms with van der Waals surface area (Å²) in [7, 11) is -3.96. The molecule has 0 amide bonds. The van der Waals surface area contributed by atoms with Crippen LogP contribution in [0.5, 0.6) is 11.5 Å². The third-order valence-corrected chi connectivity index (χ3v) is 4.73. The molecule has 1 aliphatic heterocycles. The molecular formula is C15H13NO7S. The maximum absolute atomic E-state index is 12.1. The predicted molar refractivity (Wildman–Crippen MR) is 82.5 cm³/mol. The molecule has 1 aliphatic rings. The molecule has 0 saturated carbocycles. The molecule has 0 atom stereocenters. The van der Waals surface area contributed by atoms with Crippen molar-refractivity contribution in [2.75, 3.05) is 13.4 Å². The van der Waals surface area contributed by atoms with Gasteiger partial charge >= 0.3 is 0 Å². The minimum absolute atomic E-state index is 0.0566. The number of hydrogen-bond donors (Lipinski definition) is 0. The second kappa shape index (κ2) is 6.46. The lowest BCUT2D eigenvalue weighted by atomic mass is 10.1. The van der Waals surface area contributed by atoms with Crippen LogP contribution in [0.1, 0.15) is 5.56 Å². The summed E-state index contributed by atoms with van der Waals surface area (Å²) in [5, 5.41) is 10.6. The SMILES string of the molecule is O=[N+]([O-])c1ccc(S(=O)(=O)OCCc2ccc3c(c2)OCO3)cc1. The van der Waals surface area contributed by atoms with Crippen molar-refractivity contribution in [3.05, 3.63) is 58.1 Å². The maximum Gasteiger partial charge on any atom is 0.296 e. The molecule has 0 N–H and O–H groups in total. The molecule has 0 fully saturated rings. The zero-order valence-corrected chi connectivity index (χ0v) is 13.2. The Kier molecular flexibility index (Phi) is 4.36. The van der Waals surface area contributed by atoms with Crippen molar-refractivity contribution in [2.45, 2.75) is 11.3 Å². The summed E-state index contributed by atoms with van der Waals surface area (Å²) in [6.45, 7) is 0.114. The quantitative estimate of drug-likeness (QED) is 0.446. The van der Waals surface area contributed by atoms with Gasteiger partial charge in [0, 0.05) is 12.1 Å². The van der Waals surface area contributed by atoms with E-state index in [1.807, 2.05) is 0 Å². The average molecular weight is 351 g/mol. The van der Waals surface area contributed by atoms with Gasteiger partial charge in [-0.1, -0.05) is 6.07 Å². The molecule has 0 radical (unpaired) electrons. The second-order valence-electron chi connectivity index (χ2n) is 4.96. The number of ether oxygens (including phenoxy) is 2. The van der Waals surface area contributed by atoms with E-state index in [0.29, 0.717) is 17.9 Å². The van der Waals surface area contributed by atoms with Crippen molar-refractivity contribution in [1.29, 1.82) is 0 Å². The summed E-state index contributed by atoms with van der Waals surface area (Å²) in [4.78, 5) is 9.85. The first-order chi connectivity index (χ1) is 11.5. The van der Waals surface area contributed by atoms with Crippen LogP contribution in [0.2, 0.25) is 0 Å². The van der Waals surface area contributed by atoms with Gasteiger partial charge in [0.1, 0.15) is 0 Å². The topological polar surface area (TPSA) is 105 Å². The van der Waals surface area contributed by atoms with E-state index in [-0.39, 0.29) is 24.0 Å². The van der Waals surface area contributed by atoms with Crippen molar-refractivity contribution >= 4 is 15.8 Å². The maximum atomic E-state index is 12.1. The predicted octanol–water partition coefficient (Wildman–Crippen LogP) is 2.27. The fourth-order valence-corrected chi connectivity index (χ4v) is 3.08. The Morgan fingerprint density at radius 3 is 2.50 bits per heavy atom. The summed E-state index contributed by atoms with van der Waals surface area (Å²) in [6, 6.07) is 9.85. The minimum Gasteiger partial charge on any atom is -0.454 e. The van der Waals surface area contributed by atoms with Crippen molar-refractivity contribution in [2.24, 2.45) is 0 Å². The van der Waals surface area contributed by atoms with Crippen LogP contribution >= 0.6 is 0 Å². The Labute approximate surface area is 137 Å². The molecule has 9 heteroatoms. The van der Waals surface area contributed by atoms with E-state index in [0.717, 1.165) is 29.8 Å². The van der Waals surface area contributed by atoms with E-state index in [1.165, 1.54) is 0 Å². The van der Waals surface area contributed by atoms with Gasteiger partial charge in [-0.05, 0) is 36.2 Å². The highest BCUT2D eigenvalue weighted by molar-refractivity contribution is 7.86. The zero-order chi connectivity index (χ0) is 17.2. The minimum atomic E-state index is -3.96. The lowest BCUT2D eigenvalue weighted by Crippen LogP contribution is -2.09. The molecule has 8 nitrogen and oxygen atoms in total. The number of hydrogen-bond acceptors (Lipinski definition) is 7. The second-order valence-corrected chi connectivity index (χ2v) is 6.58. The van der Waals surface area contributed by atoms with Crippen LogP contribution in [0.3, 0.4) is 0 Å². The number of non-ortho nitro benzene ring substituents is 1. The van der Waals surface area contributed by atoms with Gasteiger partial charge in [0.2, 0.25) is 6.79 Å². The van der Waals surface area contributed by atoms with Crippen LogP contribution in [-0.2, 0) is 20.7 Å². The zero-order valence-electron chi connectivity index (χ0n) is 12.4. The van der Waals surface area contributed by atoms with Crippen LogP contribution < -0.4 is 9.47 Å². The monoisotopic (exact) mass is 351 g/mol. The first kappa shape index (κ1) is 16.2. The number of benzene rings is 2. The van der Waals surface area contributed by atoms with E-state index in [9.17, 15) is 18.5 Å². The Morgan fingerprint density at radius 2 is 1.79 bits per heavy atom. The van der Waals surface area contributed by atoms with Crippen molar-refractivity contribution in [3.63, 3.8) is 0 Å². The highest BCUT2D eigenvalue weighted by atomic mass is 32.2. The Hall–Kier alpha value is -2.65. The van der Waals surface area contributed by atoms with E-state index in [4.69, 9.17) is 13.7 Å². The molecule has 0 bridgehead atoms. The highest BCUT2D eigenvalue weighted by Gasteiger charge is 2.17. The molecule has 0 saturated heterocycles. The van der Waals surface area contributed by atoms with Crippen LogP contribution in [0.15, 0.2) is 47.4 Å². The van der Waals surface area contributed by atoms with Gasteiger partial charge in [-0.2, -0.15) is 8.42 Å². The van der Waals surface area contributed by atoms with E-state index < -0.39 is 15.0 Å². The summed E-state index contributed by atoms with van der Waals surface area (Å²) < 4.78 is 39.5. The van der Waals surface area contributed by atoms with E-state index in [1.54, 1.807) is 18.2 Å². The van der Waals surface area contributed by atoms with Crippen molar-refractivity contribution in [3.8, 4) is 11.5 Å². The average Bonchev–Trinajstić information content (AvgIpc) is 3.02. The lowest BCUT2D eigenvalue weighted by Gasteiger charge is -2.06. The third-order valence-electron chi connectivity index (χ3n) is 3.40. The number of nitro benzene ring substituents is 1. The van der Waals surface area contributed by atoms with Crippen LogP contribution in [-0.4, -0.2) is 26.7 Å². The van der Waals surface area contributed by atoms with Crippen LogP contribution in [0.4, 0.5) is 5.69 Å². The fourth-order valence-electron chi connectivity index (χ4n) is 2.17. The van der Waals surface area contributed by atoms with Gasteiger partial charge in [0.15, 0.2) is 11.5 Å². The molecule has 2 aromatic carbocycles. The standard InChI is InChI=1S/C15H13NO7S/c17-16(18)12-2-4-13(5-3-12)24(19,20)23-8-7-11-1-6-14-15(9-11)22-10-21-14/h1-6,9H,7-8,10H2.